The fourth-order valence-electron chi connectivity index (χ4n) is 2.23. The van der Waals surface area contributed by atoms with Gasteiger partial charge < -0.3 is 14.6 Å². The molecule has 0 aliphatic heterocycles. The smallest absolute Gasteiger partial charge is 0.303 e. The maximum absolute atomic E-state index is 10.7. The standard InChI is InChI=1S/C19H22O4/c1-2-15-7-10-17(11-8-15)22-13-14-23-18-6-4-3-5-16(18)9-12-19(20)21/h3-8,10-11H,2,9,12-14H2,1H3,(H,20,21). The predicted molar refractivity (Wildman–Crippen MR) is 89.2 cm³/mol. The van der Waals surface area contributed by atoms with Gasteiger partial charge in [0.05, 0.1) is 0 Å². The van der Waals surface area contributed by atoms with Crippen molar-refractivity contribution < 1.29 is 19.4 Å². The van der Waals surface area contributed by atoms with E-state index in [0.29, 0.717) is 19.6 Å². The van der Waals surface area contributed by atoms with Crippen LogP contribution in [0, 0.1) is 0 Å². The highest BCUT2D eigenvalue weighted by Gasteiger charge is 2.05. The first-order chi connectivity index (χ1) is 11.2. The van der Waals surface area contributed by atoms with Gasteiger partial charge in [-0.05, 0) is 42.2 Å². The summed E-state index contributed by atoms with van der Waals surface area (Å²) in [6.07, 6.45) is 1.57. The van der Waals surface area contributed by atoms with Gasteiger partial charge in [-0.2, -0.15) is 0 Å². The number of rotatable bonds is 9. The zero-order valence-corrected chi connectivity index (χ0v) is 13.3. The van der Waals surface area contributed by atoms with Gasteiger partial charge in [0, 0.05) is 6.42 Å². The molecule has 0 bridgehead atoms. The molecule has 0 aromatic heterocycles. The van der Waals surface area contributed by atoms with Gasteiger partial charge in [-0.15, -0.1) is 0 Å². The van der Waals surface area contributed by atoms with Crippen molar-refractivity contribution in [2.24, 2.45) is 0 Å². The maximum Gasteiger partial charge on any atom is 0.303 e. The third-order valence-electron chi connectivity index (χ3n) is 3.52. The molecule has 0 spiro atoms. The van der Waals surface area contributed by atoms with Crippen LogP contribution in [0.5, 0.6) is 11.5 Å². The van der Waals surface area contributed by atoms with Crippen LogP contribution in [0.15, 0.2) is 48.5 Å². The van der Waals surface area contributed by atoms with Crippen LogP contribution in [0.4, 0.5) is 0 Å². The fourth-order valence-corrected chi connectivity index (χ4v) is 2.23. The number of ether oxygens (including phenoxy) is 2. The van der Waals surface area contributed by atoms with E-state index in [1.54, 1.807) is 0 Å². The number of aliphatic carboxylic acids is 1. The third-order valence-corrected chi connectivity index (χ3v) is 3.52. The lowest BCUT2D eigenvalue weighted by Gasteiger charge is -2.12. The highest BCUT2D eigenvalue weighted by Crippen LogP contribution is 2.19. The number of carboxylic acid groups (broad SMARTS) is 1. The molecule has 0 saturated heterocycles. The van der Waals surface area contributed by atoms with Gasteiger partial charge >= 0.3 is 5.97 Å². The minimum absolute atomic E-state index is 0.0979. The Labute approximate surface area is 136 Å². The molecule has 0 unspecified atom stereocenters. The van der Waals surface area contributed by atoms with Crippen LogP contribution >= 0.6 is 0 Å². The SMILES string of the molecule is CCc1ccc(OCCOc2ccccc2CCC(=O)O)cc1. The number of carboxylic acids is 1. The molecule has 1 N–H and O–H groups in total. The van der Waals surface area contributed by atoms with Crippen LogP contribution in [0.1, 0.15) is 24.5 Å². The van der Waals surface area contributed by atoms with Gasteiger partial charge in [-0.25, -0.2) is 0 Å². The molecule has 2 aromatic rings. The summed E-state index contributed by atoms with van der Waals surface area (Å²) in [6, 6.07) is 15.5. The Morgan fingerprint density at radius 3 is 2.39 bits per heavy atom. The Morgan fingerprint density at radius 2 is 1.70 bits per heavy atom. The fraction of sp³-hybridized carbons (Fsp3) is 0.316. The Hall–Kier alpha value is -2.49. The largest absolute Gasteiger partial charge is 0.490 e. The van der Waals surface area contributed by atoms with Crippen LogP contribution in [0.25, 0.3) is 0 Å². The molecule has 4 nitrogen and oxygen atoms in total. The molecule has 4 heteroatoms. The first-order valence-electron chi connectivity index (χ1n) is 7.83. The van der Waals surface area contributed by atoms with Gasteiger partial charge in [0.2, 0.25) is 0 Å². The lowest BCUT2D eigenvalue weighted by atomic mass is 10.1. The summed E-state index contributed by atoms with van der Waals surface area (Å²) in [5.41, 5.74) is 2.18. The van der Waals surface area contributed by atoms with E-state index in [2.05, 4.69) is 19.1 Å². The summed E-state index contributed by atoms with van der Waals surface area (Å²) in [5.74, 6) is 0.738. The van der Waals surface area contributed by atoms with Gasteiger partial charge in [0.25, 0.3) is 0 Å². The van der Waals surface area contributed by atoms with E-state index in [1.165, 1.54) is 5.56 Å². The second-order valence-electron chi connectivity index (χ2n) is 5.20. The van der Waals surface area contributed by atoms with E-state index < -0.39 is 5.97 Å². The van der Waals surface area contributed by atoms with Crippen LogP contribution in [0.2, 0.25) is 0 Å². The molecule has 0 aliphatic rings. The van der Waals surface area contributed by atoms with Crippen molar-refractivity contribution in [3.05, 3.63) is 59.7 Å². The molecule has 2 rings (SSSR count). The van der Waals surface area contributed by atoms with E-state index in [9.17, 15) is 4.79 Å². The molecule has 23 heavy (non-hydrogen) atoms. The number of para-hydroxylation sites is 1. The summed E-state index contributed by atoms with van der Waals surface area (Å²) in [7, 11) is 0. The number of benzene rings is 2. The van der Waals surface area contributed by atoms with Crippen molar-refractivity contribution in [2.75, 3.05) is 13.2 Å². The monoisotopic (exact) mass is 314 g/mol. The van der Waals surface area contributed by atoms with Crippen LogP contribution in [-0.2, 0) is 17.6 Å². The topological polar surface area (TPSA) is 55.8 Å². The molecule has 0 amide bonds. The first-order valence-corrected chi connectivity index (χ1v) is 7.83. The Bertz CT molecular complexity index is 620. The molecule has 0 saturated carbocycles. The predicted octanol–water partition coefficient (Wildman–Crippen LogP) is 3.72. The Balaban J connectivity index is 1.80. The van der Waals surface area contributed by atoms with Crippen molar-refractivity contribution in [2.45, 2.75) is 26.2 Å². The Kier molecular flexibility index (Phi) is 6.48. The molecular formula is C19H22O4. The van der Waals surface area contributed by atoms with E-state index in [-0.39, 0.29) is 6.42 Å². The van der Waals surface area contributed by atoms with Crippen LogP contribution in [0.3, 0.4) is 0 Å². The quantitative estimate of drug-likeness (QED) is 0.717. The minimum atomic E-state index is -0.807. The second kappa shape index (κ2) is 8.83. The zero-order chi connectivity index (χ0) is 16.5. The van der Waals surface area contributed by atoms with Crippen LogP contribution < -0.4 is 9.47 Å². The molecular weight excluding hydrogens is 292 g/mol. The summed E-state index contributed by atoms with van der Waals surface area (Å²) in [6.45, 7) is 2.98. The van der Waals surface area contributed by atoms with Crippen LogP contribution in [-0.4, -0.2) is 24.3 Å². The van der Waals surface area contributed by atoms with Gasteiger partial charge in [-0.1, -0.05) is 37.3 Å². The van der Waals surface area contributed by atoms with Crippen molar-refractivity contribution in [3.63, 3.8) is 0 Å². The number of hydrogen-bond donors (Lipinski definition) is 1. The maximum atomic E-state index is 10.7. The van der Waals surface area contributed by atoms with E-state index in [4.69, 9.17) is 14.6 Å². The summed E-state index contributed by atoms with van der Waals surface area (Å²) < 4.78 is 11.4. The summed E-state index contributed by atoms with van der Waals surface area (Å²) in [5, 5.41) is 8.78. The van der Waals surface area contributed by atoms with Crippen molar-refractivity contribution >= 4 is 5.97 Å². The molecule has 0 atom stereocenters. The summed E-state index contributed by atoms with van der Waals surface area (Å²) in [4.78, 5) is 10.7. The number of carbonyl (C=O) groups is 1. The van der Waals surface area contributed by atoms with E-state index in [1.807, 2.05) is 36.4 Å². The second-order valence-corrected chi connectivity index (χ2v) is 5.20. The molecule has 0 radical (unpaired) electrons. The Morgan fingerprint density at radius 1 is 1.00 bits per heavy atom. The summed E-state index contributed by atoms with van der Waals surface area (Å²) >= 11 is 0. The average Bonchev–Trinajstić information content (AvgIpc) is 2.58. The van der Waals surface area contributed by atoms with Crippen molar-refractivity contribution in [3.8, 4) is 11.5 Å². The molecule has 0 heterocycles. The highest BCUT2D eigenvalue weighted by atomic mass is 16.5. The molecule has 0 aliphatic carbocycles. The molecule has 122 valence electrons. The zero-order valence-electron chi connectivity index (χ0n) is 13.3. The van der Waals surface area contributed by atoms with E-state index in [0.717, 1.165) is 23.5 Å². The van der Waals surface area contributed by atoms with Gasteiger partial charge in [0.15, 0.2) is 0 Å². The van der Waals surface area contributed by atoms with Crippen molar-refractivity contribution in [1.82, 2.24) is 0 Å². The van der Waals surface area contributed by atoms with Gasteiger partial charge in [-0.3, -0.25) is 4.79 Å². The normalized spacial score (nSPS) is 10.3. The third kappa shape index (κ3) is 5.66. The van der Waals surface area contributed by atoms with Crippen molar-refractivity contribution in [1.29, 1.82) is 0 Å². The first kappa shape index (κ1) is 16.9. The number of aryl methyl sites for hydroxylation is 2. The molecule has 2 aromatic carbocycles. The van der Waals surface area contributed by atoms with E-state index >= 15 is 0 Å². The van der Waals surface area contributed by atoms with Gasteiger partial charge in [0.1, 0.15) is 24.7 Å². The number of hydrogen-bond acceptors (Lipinski definition) is 3. The lowest BCUT2D eigenvalue weighted by Crippen LogP contribution is -2.10. The highest BCUT2D eigenvalue weighted by molar-refractivity contribution is 5.67. The minimum Gasteiger partial charge on any atom is -0.490 e. The molecule has 0 fully saturated rings. The average molecular weight is 314 g/mol. The lowest BCUT2D eigenvalue weighted by molar-refractivity contribution is -0.136.